The number of hydrogen-bond donors (Lipinski definition) is 2. The van der Waals surface area contributed by atoms with E-state index in [2.05, 4.69) is 10.6 Å². The molecule has 2 amide bonds. The largest absolute Gasteiger partial charge is 0.352 e. The van der Waals surface area contributed by atoms with Gasteiger partial charge < -0.3 is 10.6 Å². The molecular formula is C7H12N2O2. The number of hydrogen-bond acceptors (Lipinski definition) is 2. The van der Waals surface area contributed by atoms with Gasteiger partial charge in [0.25, 0.3) is 0 Å². The molecule has 1 fully saturated rings. The summed E-state index contributed by atoms with van der Waals surface area (Å²) in [6, 6.07) is -0.287. The van der Waals surface area contributed by atoms with E-state index in [4.69, 9.17) is 0 Å². The van der Waals surface area contributed by atoms with Crippen LogP contribution in [0.5, 0.6) is 0 Å². The fourth-order valence-corrected chi connectivity index (χ4v) is 0.742. The highest BCUT2D eigenvalue weighted by Crippen LogP contribution is 1.97. The van der Waals surface area contributed by atoms with Gasteiger partial charge in [-0.25, -0.2) is 0 Å². The Bertz CT molecular complexity index is 189. The van der Waals surface area contributed by atoms with Crippen LogP contribution < -0.4 is 10.6 Å². The first-order valence-corrected chi connectivity index (χ1v) is 3.69. The van der Waals surface area contributed by atoms with Crippen molar-refractivity contribution in [1.82, 2.24) is 10.6 Å². The zero-order valence-electron chi connectivity index (χ0n) is 6.68. The molecular weight excluding hydrogens is 144 g/mol. The Morgan fingerprint density at radius 3 is 2.64 bits per heavy atom. The van der Waals surface area contributed by atoms with Crippen LogP contribution in [0.3, 0.4) is 0 Å². The lowest BCUT2D eigenvalue weighted by Crippen LogP contribution is -2.62. The molecule has 0 saturated carbocycles. The molecule has 0 bridgehead atoms. The number of carbonyl (C=O) groups excluding carboxylic acids is 2. The molecule has 2 N–H and O–H groups in total. The van der Waals surface area contributed by atoms with Gasteiger partial charge in [-0.15, -0.1) is 0 Å². The number of carbonyl (C=O) groups is 2. The molecule has 1 heterocycles. The summed E-state index contributed by atoms with van der Waals surface area (Å²) in [5.74, 6) is -0.202. The minimum atomic E-state index is -0.287. The van der Waals surface area contributed by atoms with E-state index in [1.165, 1.54) is 0 Å². The topological polar surface area (TPSA) is 58.2 Å². The van der Waals surface area contributed by atoms with Crippen LogP contribution in [0.25, 0.3) is 0 Å². The lowest BCUT2D eigenvalue weighted by atomic mass is 10.1. The van der Waals surface area contributed by atoms with Crippen LogP contribution in [-0.2, 0) is 9.59 Å². The zero-order chi connectivity index (χ0) is 8.43. The van der Waals surface area contributed by atoms with Crippen LogP contribution in [0.4, 0.5) is 0 Å². The summed E-state index contributed by atoms with van der Waals surface area (Å²) in [7, 11) is 0. The van der Waals surface area contributed by atoms with E-state index in [-0.39, 0.29) is 23.8 Å². The van der Waals surface area contributed by atoms with Crippen molar-refractivity contribution >= 4 is 11.8 Å². The van der Waals surface area contributed by atoms with Gasteiger partial charge in [-0.05, 0) is 0 Å². The Labute approximate surface area is 65.3 Å². The lowest BCUT2D eigenvalue weighted by molar-refractivity contribution is -0.134. The third-order valence-corrected chi connectivity index (χ3v) is 1.64. The average molecular weight is 156 g/mol. The Kier molecular flexibility index (Phi) is 2.12. The van der Waals surface area contributed by atoms with Crippen molar-refractivity contribution < 1.29 is 9.59 Å². The second-order valence-electron chi connectivity index (χ2n) is 2.96. The molecule has 62 valence electrons. The Morgan fingerprint density at radius 1 is 1.73 bits per heavy atom. The second kappa shape index (κ2) is 2.90. The maximum Gasteiger partial charge on any atom is 0.244 e. The van der Waals surface area contributed by atoms with Crippen molar-refractivity contribution in [3.8, 4) is 0 Å². The van der Waals surface area contributed by atoms with Crippen LogP contribution in [0.15, 0.2) is 0 Å². The van der Waals surface area contributed by atoms with Crippen molar-refractivity contribution in [2.45, 2.75) is 19.9 Å². The summed E-state index contributed by atoms with van der Waals surface area (Å²) in [6.07, 6.45) is 0. The van der Waals surface area contributed by atoms with Crippen LogP contribution in [0.1, 0.15) is 13.8 Å². The molecule has 4 nitrogen and oxygen atoms in total. The van der Waals surface area contributed by atoms with Crippen molar-refractivity contribution in [2.75, 3.05) is 6.54 Å². The van der Waals surface area contributed by atoms with Crippen molar-refractivity contribution in [1.29, 1.82) is 0 Å². The van der Waals surface area contributed by atoms with Gasteiger partial charge in [-0.3, -0.25) is 9.59 Å². The summed E-state index contributed by atoms with van der Waals surface area (Å²) >= 11 is 0. The quantitative estimate of drug-likeness (QED) is 0.517. The Balaban J connectivity index is 2.31. The Morgan fingerprint density at radius 2 is 2.36 bits per heavy atom. The van der Waals surface area contributed by atoms with Gasteiger partial charge in [0.05, 0.1) is 0 Å². The lowest BCUT2D eigenvalue weighted by Gasteiger charge is -2.27. The fourth-order valence-electron chi connectivity index (χ4n) is 0.742. The van der Waals surface area contributed by atoms with Crippen LogP contribution in [0, 0.1) is 5.92 Å². The second-order valence-corrected chi connectivity index (χ2v) is 2.96. The van der Waals surface area contributed by atoms with Crippen LogP contribution >= 0.6 is 0 Å². The van der Waals surface area contributed by atoms with E-state index in [0.717, 1.165) is 0 Å². The summed E-state index contributed by atoms with van der Waals surface area (Å²) in [4.78, 5) is 21.7. The molecule has 0 spiro atoms. The molecule has 1 saturated heterocycles. The monoisotopic (exact) mass is 156 g/mol. The van der Waals surface area contributed by atoms with Gasteiger partial charge in [-0.2, -0.15) is 0 Å². The molecule has 11 heavy (non-hydrogen) atoms. The minimum absolute atomic E-state index is 0.0524. The van der Waals surface area contributed by atoms with Gasteiger partial charge in [0.2, 0.25) is 11.8 Å². The van der Waals surface area contributed by atoms with E-state index < -0.39 is 0 Å². The van der Waals surface area contributed by atoms with Crippen molar-refractivity contribution in [3.05, 3.63) is 0 Å². The summed E-state index contributed by atoms with van der Waals surface area (Å²) in [5, 5.41) is 5.16. The first-order valence-electron chi connectivity index (χ1n) is 3.69. The molecule has 1 atom stereocenters. The average Bonchev–Trinajstić information content (AvgIpc) is 1.96. The number of nitrogens with one attached hydrogen (secondary N) is 2. The maximum atomic E-state index is 11.0. The van der Waals surface area contributed by atoms with E-state index in [0.29, 0.717) is 6.54 Å². The van der Waals surface area contributed by atoms with E-state index >= 15 is 0 Å². The molecule has 0 aromatic rings. The molecule has 1 rings (SSSR count). The Hall–Kier alpha value is -1.06. The third kappa shape index (κ3) is 1.69. The molecule has 0 aromatic heterocycles. The molecule has 0 aliphatic carbocycles. The zero-order valence-corrected chi connectivity index (χ0v) is 6.68. The van der Waals surface area contributed by atoms with Gasteiger partial charge in [0.1, 0.15) is 6.04 Å². The highest BCUT2D eigenvalue weighted by atomic mass is 16.2. The highest BCUT2D eigenvalue weighted by Gasteiger charge is 2.29. The normalized spacial score (nSPS) is 22.5. The van der Waals surface area contributed by atoms with E-state index in [1.54, 1.807) is 13.8 Å². The van der Waals surface area contributed by atoms with Crippen LogP contribution in [0.2, 0.25) is 0 Å². The number of amides is 2. The predicted octanol–water partition coefficient (Wildman–Crippen LogP) is -0.743. The predicted molar refractivity (Wildman–Crippen MR) is 39.8 cm³/mol. The summed E-state index contributed by atoms with van der Waals surface area (Å²) in [6.45, 7) is 4.16. The third-order valence-electron chi connectivity index (χ3n) is 1.64. The van der Waals surface area contributed by atoms with Gasteiger partial charge in [-0.1, -0.05) is 13.8 Å². The van der Waals surface area contributed by atoms with E-state index in [9.17, 15) is 9.59 Å². The van der Waals surface area contributed by atoms with Gasteiger partial charge >= 0.3 is 0 Å². The molecule has 0 aromatic carbocycles. The molecule has 0 unspecified atom stereocenters. The van der Waals surface area contributed by atoms with Crippen LogP contribution in [-0.4, -0.2) is 24.4 Å². The highest BCUT2D eigenvalue weighted by molar-refractivity contribution is 5.92. The van der Waals surface area contributed by atoms with Crippen molar-refractivity contribution in [3.63, 3.8) is 0 Å². The molecule has 0 radical (unpaired) electrons. The van der Waals surface area contributed by atoms with Crippen molar-refractivity contribution in [2.24, 2.45) is 5.92 Å². The van der Waals surface area contributed by atoms with Gasteiger partial charge in [0.15, 0.2) is 0 Å². The van der Waals surface area contributed by atoms with E-state index in [1.807, 2.05) is 0 Å². The molecule has 1 aliphatic heterocycles. The summed E-state index contributed by atoms with van der Waals surface area (Å²) in [5.41, 5.74) is 0. The smallest absolute Gasteiger partial charge is 0.244 e. The fraction of sp³-hybridized carbons (Fsp3) is 0.714. The number of rotatable bonds is 2. The number of β-lactam (4-membered cyclic amide) rings is 1. The standard InChI is InChI=1S/C7H12N2O2/c1-4(2)6(10)9-5-3-8-7(5)11/h4-5H,3H2,1-2H3,(H,8,11)(H,9,10)/t5-/m0/s1. The first-order chi connectivity index (χ1) is 5.11. The SMILES string of the molecule is CC(C)C(=O)N[C@H]1CNC1=O. The molecule has 1 aliphatic rings. The summed E-state index contributed by atoms with van der Waals surface area (Å²) < 4.78 is 0. The van der Waals surface area contributed by atoms with Gasteiger partial charge in [0, 0.05) is 12.5 Å². The first kappa shape index (κ1) is 8.04. The molecule has 4 heteroatoms. The minimum Gasteiger partial charge on any atom is -0.352 e. The maximum absolute atomic E-state index is 11.0.